The van der Waals surface area contributed by atoms with Crippen LogP contribution in [0.15, 0.2) is 0 Å². The molecule has 20 heavy (non-hydrogen) atoms. The Morgan fingerprint density at radius 2 is 1.60 bits per heavy atom. The predicted molar refractivity (Wildman–Crippen MR) is 74.5 cm³/mol. The summed E-state index contributed by atoms with van der Waals surface area (Å²) >= 11 is 0. The summed E-state index contributed by atoms with van der Waals surface area (Å²) in [4.78, 5) is 12.0. The molecule has 4 heteroatoms. The molecule has 0 aromatic carbocycles. The lowest BCUT2D eigenvalue weighted by molar-refractivity contribution is -0.197. The number of hydrogen-bond donors (Lipinski definition) is 0. The number of halogens is 3. The number of unbranched alkanes of at least 4 members (excludes halogenated alkanes) is 5. The second-order valence-corrected chi connectivity index (χ2v) is 6.02. The monoisotopic (exact) mass is 292 g/mol. The van der Waals surface area contributed by atoms with Crippen molar-refractivity contribution in [3.8, 4) is 0 Å². The molecule has 1 aliphatic rings. The average Bonchev–Trinajstić information content (AvgIpc) is 2.41. The maximum Gasteiger partial charge on any atom is 0.392 e. The molecule has 118 valence electrons. The first-order chi connectivity index (χ1) is 9.46. The fourth-order valence-electron chi connectivity index (χ4n) is 3.17. The Labute approximate surface area is 120 Å². The summed E-state index contributed by atoms with van der Waals surface area (Å²) in [5.41, 5.74) is 0. The molecular weight excluding hydrogens is 265 g/mol. The third kappa shape index (κ3) is 5.84. The summed E-state index contributed by atoms with van der Waals surface area (Å²) in [5.74, 6) is -2.30. The van der Waals surface area contributed by atoms with Crippen LogP contribution < -0.4 is 0 Å². The normalized spacial score (nSPS) is 23.8. The number of Topliss-reactive ketones (excluding diaryl/α,β-unsaturated/α-hetero) is 1. The Balaban J connectivity index is 2.33. The van der Waals surface area contributed by atoms with Crippen LogP contribution in [0.5, 0.6) is 0 Å². The molecule has 0 amide bonds. The van der Waals surface area contributed by atoms with Crippen LogP contribution in [0.2, 0.25) is 0 Å². The standard InChI is InChI=1S/C16H27F3O/c1-2-3-4-5-6-7-12-15(20)13-10-8-9-11-14(13)16(17,18)19/h13-14H,2-12H2,1H3. The molecule has 1 rings (SSSR count). The van der Waals surface area contributed by atoms with Crippen LogP contribution in [0.25, 0.3) is 0 Å². The van der Waals surface area contributed by atoms with Crippen molar-refractivity contribution in [2.24, 2.45) is 11.8 Å². The fourth-order valence-corrected chi connectivity index (χ4v) is 3.17. The Kier molecular flexibility index (Phi) is 7.60. The first-order valence-electron chi connectivity index (χ1n) is 8.06. The van der Waals surface area contributed by atoms with Crippen molar-refractivity contribution in [1.29, 1.82) is 0 Å². The van der Waals surface area contributed by atoms with Crippen molar-refractivity contribution >= 4 is 5.78 Å². The SMILES string of the molecule is CCCCCCCCC(=O)C1CCCCC1C(F)(F)F. The minimum atomic E-state index is -4.21. The summed E-state index contributed by atoms with van der Waals surface area (Å²) in [6, 6.07) is 0. The van der Waals surface area contributed by atoms with E-state index in [1.54, 1.807) is 0 Å². The number of alkyl halides is 3. The van der Waals surface area contributed by atoms with Crippen LogP contribution in [-0.4, -0.2) is 12.0 Å². The third-order valence-electron chi connectivity index (χ3n) is 4.38. The van der Waals surface area contributed by atoms with Crippen molar-refractivity contribution in [2.45, 2.75) is 83.7 Å². The summed E-state index contributed by atoms with van der Waals surface area (Å²) < 4.78 is 38.8. The lowest BCUT2D eigenvalue weighted by atomic mass is 9.75. The largest absolute Gasteiger partial charge is 0.392 e. The van der Waals surface area contributed by atoms with Gasteiger partial charge in [-0.3, -0.25) is 4.79 Å². The van der Waals surface area contributed by atoms with Gasteiger partial charge in [-0.1, -0.05) is 51.9 Å². The molecule has 1 saturated carbocycles. The quantitative estimate of drug-likeness (QED) is 0.526. The van der Waals surface area contributed by atoms with Crippen LogP contribution >= 0.6 is 0 Å². The van der Waals surface area contributed by atoms with Gasteiger partial charge in [0, 0.05) is 12.3 Å². The predicted octanol–water partition coefficient (Wildman–Crippen LogP) is 5.67. The van der Waals surface area contributed by atoms with Gasteiger partial charge in [0.2, 0.25) is 0 Å². The molecule has 2 unspecified atom stereocenters. The molecule has 0 N–H and O–H groups in total. The Bertz CT molecular complexity index is 286. The van der Waals surface area contributed by atoms with Crippen LogP contribution in [0.4, 0.5) is 13.2 Å². The Morgan fingerprint density at radius 3 is 2.25 bits per heavy atom. The highest BCUT2D eigenvalue weighted by Gasteiger charge is 2.47. The zero-order chi connectivity index (χ0) is 15.0. The van der Waals surface area contributed by atoms with Gasteiger partial charge in [-0.2, -0.15) is 13.2 Å². The molecule has 0 aromatic heterocycles. The maximum absolute atomic E-state index is 12.9. The number of ketones is 1. The van der Waals surface area contributed by atoms with E-state index in [0.29, 0.717) is 19.3 Å². The van der Waals surface area contributed by atoms with Crippen molar-refractivity contribution < 1.29 is 18.0 Å². The van der Waals surface area contributed by atoms with Gasteiger partial charge in [0.05, 0.1) is 5.92 Å². The van der Waals surface area contributed by atoms with E-state index < -0.39 is 18.0 Å². The highest BCUT2D eigenvalue weighted by atomic mass is 19.4. The van der Waals surface area contributed by atoms with Gasteiger partial charge in [-0.15, -0.1) is 0 Å². The highest BCUT2D eigenvalue weighted by molar-refractivity contribution is 5.81. The minimum Gasteiger partial charge on any atom is -0.299 e. The first-order valence-corrected chi connectivity index (χ1v) is 8.06. The number of carbonyl (C=O) groups excluding carboxylic acids is 1. The molecule has 0 heterocycles. The average molecular weight is 292 g/mol. The van der Waals surface area contributed by atoms with Crippen molar-refractivity contribution in [3.63, 3.8) is 0 Å². The zero-order valence-electron chi connectivity index (χ0n) is 12.5. The molecule has 0 aliphatic heterocycles. The molecule has 0 saturated heterocycles. The van der Waals surface area contributed by atoms with Crippen LogP contribution in [0.3, 0.4) is 0 Å². The van der Waals surface area contributed by atoms with Crippen LogP contribution in [0.1, 0.15) is 77.6 Å². The van der Waals surface area contributed by atoms with Gasteiger partial charge >= 0.3 is 6.18 Å². The minimum absolute atomic E-state index is 0.135. The van der Waals surface area contributed by atoms with Crippen LogP contribution in [-0.2, 0) is 4.79 Å². The van der Waals surface area contributed by atoms with E-state index in [1.165, 1.54) is 19.3 Å². The second kappa shape index (κ2) is 8.68. The fraction of sp³-hybridized carbons (Fsp3) is 0.938. The summed E-state index contributed by atoms with van der Waals surface area (Å²) in [7, 11) is 0. The molecule has 0 radical (unpaired) electrons. The topological polar surface area (TPSA) is 17.1 Å². The molecule has 2 atom stereocenters. The maximum atomic E-state index is 12.9. The highest BCUT2D eigenvalue weighted by Crippen LogP contribution is 2.42. The third-order valence-corrected chi connectivity index (χ3v) is 4.38. The second-order valence-electron chi connectivity index (χ2n) is 6.02. The van der Waals surface area contributed by atoms with Gasteiger partial charge < -0.3 is 0 Å². The van der Waals surface area contributed by atoms with Gasteiger partial charge in [0.1, 0.15) is 5.78 Å². The number of carbonyl (C=O) groups is 1. The summed E-state index contributed by atoms with van der Waals surface area (Å²) in [5, 5.41) is 0. The van der Waals surface area contributed by atoms with Crippen molar-refractivity contribution in [3.05, 3.63) is 0 Å². The van der Waals surface area contributed by atoms with Gasteiger partial charge in [0.15, 0.2) is 0 Å². The van der Waals surface area contributed by atoms with Gasteiger partial charge in [-0.25, -0.2) is 0 Å². The summed E-state index contributed by atoms with van der Waals surface area (Å²) in [6.07, 6.45) is 4.42. The van der Waals surface area contributed by atoms with E-state index in [1.807, 2.05) is 0 Å². The Morgan fingerprint density at radius 1 is 1.00 bits per heavy atom. The van der Waals surface area contributed by atoms with E-state index in [2.05, 4.69) is 6.92 Å². The van der Waals surface area contributed by atoms with Gasteiger partial charge in [0.25, 0.3) is 0 Å². The molecule has 0 aromatic rings. The first kappa shape index (κ1) is 17.5. The molecular formula is C16H27F3O. The lowest BCUT2D eigenvalue weighted by Crippen LogP contribution is -2.37. The Hall–Kier alpha value is -0.540. The molecule has 0 spiro atoms. The van der Waals surface area contributed by atoms with E-state index in [0.717, 1.165) is 25.7 Å². The van der Waals surface area contributed by atoms with Gasteiger partial charge in [-0.05, 0) is 19.3 Å². The zero-order valence-corrected chi connectivity index (χ0v) is 12.5. The smallest absolute Gasteiger partial charge is 0.299 e. The van der Waals surface area contributed by atoms with Crippen molar-refractivity contribution in [2.75, 3.05) is 0 Å². The molecule has 1 fully saturated rings. The molecule has 1 nitrogen and oxygen atoms in total. The molecule has 0 bridgehead atoms. The van der Waals surface area contributed by atoms with E-state index in [9.17, 15) is 18.0 Å². The van der Waals surface area contributed by atoms with E-state index in [-0.39, 0.29) is 12.2 Å². The van der Waals surface area contributed by atoms with E-state index >= 15 is 0 Å². The van der Waals surface area contributed by atoms with E-state index in [4.69, 9.17) is 0 Å². The number of rotatable bonds is 8. The van der Waals surface area contributed by atoms with Crippen LogP contribution in [0, 0.1) is 11.8 Å². The lowest BCUT2D eigenvalue weighted by Gasteiger charge is -2.32. The molecule has 1 aliphatic carbocycles. The van der Waals surface area contributed by atoms with Crippen molar-refractivity contribution in [1.82, 2.24) is 0 Å². The number of hydrogen-bond acceptors (Lipinski definition) is 1. The summed E-state index contributed by atoms with van der Waals surface area (Å²) in [6.45, 7) is 2.14.